The van der Waals surface area contributed by atoms with Gasteiger partial charge in [0.25, 0.3) is 5.91 Å². The highest BCUT2D eigenvalue weighted by atomic mass is 32.2. The van der Waals surface area contributed by atoms with Crippen molar-refractivity contribution in [2.75, 3.05) is 7.05 Å². The molecule has 0 aromatic heterocycles. The molecule has 1 fully saturated rings. The molecule has 1 aliphatic rings. The maximum Gasteiger partial charge on any atom is 0.266 e. The molecule has 35 heavy (non-hydrogen) atoms. The van der Waals surface area contributed by atoms with Gasteiger partial charge in [0, 0.05) is 12.6 Å². The molecule has 1 aliphatic heterocycles. The molecule has 4 nitrogen and oxygen atoms in total. The molecule has 0 saturated carbocycles. The Balaban J connectivity index is 1.40. The maximum absolute atomic E-state index is 13.0. The number of amides is 1. The van der Waals surface area contributed by atoms with Crippen molar-refractivity contribution in [3.05, 3.63) is 113 Å². The Morgan fingerprint density at radius 1 is 0.886 bits per heavy atom. The van der Waals surface area contributed by atoms with Crippen LogP contribution in [0.5, 0.6) is 5.75 Å². The van der Waals surface area contributed by atoms with Crippen LogP contribution in [-0.4, -0.2) is 23.0 Å². The smallest absolute Gasteiger partial charge is 0.266 e. The highest BCUT2D eigenvalue weighted by Crippen LogP contribution is 2.35. The van der Waals surface area contributed by atoms with E-state index in [-0.39, 0.29) is 5.91 Å². The van der Waals surface area contributed by atoms with E-state index in [0.717, 1.165) is 34.5 Å². The summed E-state index contributed by atoms with van der Waals surface area (Å²) < 4.78 is 6.25. The quantitative estimate of drug-likeness (QED) is 0.275. The van der Waals surface area contributed by atoms with Gasteiger partial charge in [-0.05, 0) is 58.3 Å². The number of fused-ring (bicyclic) bond motifs is 1. The summed E-state index contributed by atoms with van der Waals surface area (Å²) in [5, 5.41) is 3.05. The Labute approximate surface area is 210 Å². The number of nitrogens with zero attached hydrogens (tertiary/aromatic N) is 2. The largest absolute Gasteiger partial charge is 0.488 e. The minimum atomic E-state index is -0.0633. The summed E-state index contributed by atoms with van der Waals surface area (Å²) >= 11 is 1.39. The van der Waals surface area contributed by atoms with Gasteiger partial charge in [0.2, 0.25) is 0 Å². The lowest BCUT2D eigenvalue weighted by Crippen LogP contribution is -2.23. The highest BCUT2D eigenvalue weighted by Gasteiger charge is 2.30. The molecular weight excluding hydrogens is 452 g/mol. The number of thioether (sulfide) groups is 1. The minimum absolute atomic E-state index is 0.0633. The average molecular weight is 479 g/mol. The first-order chi connectivity index (χ1) is 17.1. The first-order valence-corrected chi connectivity index (χ1v) is 12.5. The number of para-hydroxylation sites is 2. The standard InChI is InChI=1S/C30H26N2O2S/c1-3-21-11-5-8-17-26(21)31-30-32(2)29(33)28(35-30)19-23-13-6-9-18-27(23)34-20-24-15-10-14-22-12-4-7-16-25(22)24/h4-19H,3,20H2,1-2H3/b28-19+,31-30?. The summed E-state index contributed by atoms with van der Waals surface area (Å²) in [4.78, 5) is 20.0. The molecule has 5 rings (SSSR count). The Hall–Kier alpha value is -3.83. The van der Waals surface area contributed by atoms with Crippen molar-refractivity contribution in [3.63, 3.8) is 0 Å². The van der Waals surface area contributed by atoms with Crippen LogP contribution in [0.4, 0.5) is 5.69 Å². The van der Waals surface area contributed by atoms with Crippen LogP contribution in [0.2, 0.25) is 0 Å². The van der Waals surface area contributed by atoms with Crippen LogP contribution < -0.4 is 4.74 Å². The predicted octanol–water partition coefficient (Wildman–Crippen LogP) is 7.22. The Morgan fingerprint density at radius 2 is 1.60 bits per heavy atom. The minimum Gasteiger partial charge on any atom is -0.488 e. The molecule has 4 aromatic carbocycles. The molecule has 0 atom stereocenters. The lowest BCUT2D eigenvalue weighted by atomic mass is 10.1. The van der Waals surface area contributed by atoms with Crippen molar-refractivity contribution in [1.82, 2.24) is 4.90 Å². The van der Waals surface area contributed by atoms with E-state index in [0.29, 0.717) is 16.7 Å². The number of aryl methyl sites for hydroxylation is 1. The third-order valence-electron chi connectivity index (χ3n) is 6.06. The van der Waals surface area contributed by atoms with Crippen LogP contribution in [0.1, 0.15) is 23.6 Å². The summed E-state index contributed by atoms with van der Waals surface area (Å²) in [7, 11) is 1.77. The van der Waals surface area contributed by atoms with Crippen molar-refractivity contribution in [2.24, 2.45) is 4.99 Å². The van der Waals surface area contributed by atoms with Crippen LogP contribution in [0.25, 0.3) is 16.8 Å². The number of carbonyl (C=O) groups is 1. The molecule has 0 unspecified atom stereocenters. The van der Waals surface area contributed by atoms with Crippen LogP contribution >= 0.6 is 11.8 Å². The molecule has 0 N–H and O–H groups in total. The fraction of sp³-hybridized carbons (Fsp3) is 0.133. The molecule has 0 aliphatic carbocycles. The van der Waals surface area contributed by atoms with Gasteiger partial charge >= 0.3 is 0 Å². The zero-order valence-electron chi connectivity index (χ0n) is 19.8. The topological polar surface area (TPSA) is 41.9 Å². The van der Waals surface area contributed by atoms with E-state index in [1.165, 1.54) is 22.5 Å². The predicted molar refractivity (Wildman–Crippen MR) is 146 cm³/mol. The molecule has 1 saturated heterocycles. The average Bonchev–Trinajstić information content (AvgIpc) is 3.16. The number of likely N-dealkylation sites (N-methyl/N-ethyl adjacent to an activating group) is 1. The second kappa shape index (κ2) is 10.2. The van der Waals surface area contributed by atoms with E-state index in [9.17, 15) is 4.79 Å². The zero-order chi connectivity index (χ0) is 24.2. The monoisotopic (exact) mass is 478 g/mol. The van der Waals surface area contributed by atoms with Crippen LogP contribution in [0.15, 0.2) is 101 Å². The van der Waals surface area contributed by atoms with Gasteiger partial charge in [-0.1, -0.05) is 85.8 Å². The first kappa shape index (κ1) is 22.9. The van der Waals surface area contributed by atoms with Gasteiger partial charge in [0.1, 0.15) is 12.4 Å². The molecule has 174 valence electrons. The first-order valence-electron chi connectivity index (χ1n) is 11.7. The van der Waals surface area contributed by atoms with E-state index in [1.807, 2.05) is 60.7 Å². The lowest BCUT2D eigenvalue weighted by molar-refractivity contribution is -0.121. The highest BCUT2D eigenvalue weighted by molar-refractivity contribution is 8.18. The van der Waals surface area contributed by atoms with E-state index in [1.54, 1.807) is 11.9 Å². The Morgan fingerprint density at radius 3 is 2.49 bits per heavy atom. The van der Waals surface area contributed by atoms with E-state index >= 15 is 0 Å². The van der Waals surface area contributed by atoms with E-state index in [4.69, 9.17) is 9.73 Å². The zero-order valence-corrected chi connectivity index (χ0v) is 20.6. The third kappa shape index (κ3) is 4.86. The van der Waals surface area contributed by atoms with Crippen LogP contribution in [0, 0.1) is 0 Å². The summed E-state index contributed by atoms with van der Waals surface area (Å²) in [6.07, 6.45) is 2.79. The van der Waals surface area contributed by atoms with Gasteiger partial charge < -0.3 is 4.74 Å². The second-order valence-electron chi connectivity index (χ2n) is 8.32. The number of aliphatic imine (C=N–C) groups is 1. The van der Waals surface area contributed by atoms with Crippen LogP contribution in [0.3, 0.4) is 0 Å². The molecule has 4 aromatic rings. The third-order valence-corrected chi connectivity index (χ3v) is 7.12. The normalized spacial score (nSPS) is 15.9. The van der Waals surface area contributed by atoms with Crippen LogP contribution in [-0.2, 0) is 17.8 Å². The van der Waals surface area contributed by atoms with Gasteiger partial charge in [-0.3, -0.25) is 9.69 Å². The van der Waals surface area contributed by atoms with Gasteiger partial charge in [-0.2, -0.15) is 0 Å². The number of benzene rings is 4. The summed E-state index contributed by atoms with van der Waals surface area (Å²) in [5.41, 5.74) is 4.05. The maximum atomic E-state index is 13.0. The summed E-state index contributed by atoms with van der Waals surface area (Å²) in [5.74, 6) is 0.678. The van der Waals surface area contributed by atoms with E-state index in [2.05, 4.69) is 43.3 Å². The number of carbonyl (C=O) groups excluding carboxylic acids is 1. The molecule has 1 amide bonds. The van der Waals surface area contributed by atoms with Gasteiger partial charge in [0.15, 0.2) is 5.17 Å². The fourth-order valence-electron chi connectivity index (χ4n) is 4.12. The lowest BCUT2D eigenvalue weighted by Gasteiger charge is -2.11. The van der Waals surface area contributed by atoms with Gasteiger partial charge in [0.05, 0.1) is 10.6 Å². The number of amidine groups is 1. The van der Waals surface area contributed by atoms with Crippen molar-refractivity contribution in [3.8, 4) is 5.75 Å². The molecule has 0 radical (unpaired) electrons. The Kier molecular flexibility index (Phi) is 6.68. The SMILES string of the molecule is CCc1ccccc1N=C1S/C(=C/c2ccccc2OCc2cccc3ccccc23)C(=O)N1C. The Bertz CT molecular complexity index is 1450. The number of rotatable bonds is 6. The summed E-state index contributed by atoms with van der Waals surface area (Å²) in [6.45, 7) is 2.55. The molecule has 5 heteroatoms. The second-order valence-corrected chi connectivity index (χ2v) is 9.33. The summed E-state index contributed by atoms with van der Waals surface area (Å²) in [6, 6.07) is 30.4. The van der Waals surface area contributed by atoms with Crippen molar-refractivity contribution in [2.45, 2.75) is 20.0 Å². The number of hydrogen-bond donors (Lipinski definition) is 0. The van der Waals surface area contributed by atoms with Crippen molar-refractivity contribution < 1.29 is 9.53 Å². The number of hydrogen-bond acceptors (Lipinski definition) is 4. The molecule has 0 spiro atoms. The molecular formula is C30H26N2O2S. The molecule has 1 heterocycles. The van der Waals surface area contributed by atoms with Crippen molar-refractivity contribution >= 4 is 45.4 Å². The van der Waals surface area contributed by atoms with E-state index < -0.39 is 0 Å². The molecule has 0 bridgehead atoms. The van der Waals surface area contributed by atoms with Crippen molar-refractivity contribution in [1.29, 1.82) is 0 Å². The number of ether oxygens (including phenoxy) is 1. The van der Waals surface area contributed by atoms with Gasteiger partial charge in [-0.15, -0.1) is 0 Å². The fourth-order valence-corrected chi connectivity index (χ4v) is 5.09. The van der Waals surface area contributed by atoms with Gasteiger partial charge in [-0.25, -0.2) is 4.99 Å².